The minimum Gasteiger partial charge on any atom is -0.394 e. The monoisotopic (exact) mass is 1300 g/mol. The van der Waals surface area contributed by atoms with Gasteiger partial charge in [-0.1, -0.05) is 26.0 Å². The summed E-state index contributed by atoms with van der Waals surface area (Å²) in [6, 6.07) is 3.29. The standard InChI is InChI=1S/C58H106N8O24/c1-43(2)50(56(76)65-47(8-6-15-63-58(59)78)55(75)64-45-11-9-44(41-67)10-12-45)66-54(74)46(60-3)7-4-5-14-61-49(70)13-17-79-19-21-81-23-25-83-27-29-85-31-33-87-35-37-89-39-40-90-38-36-88-34-32-86-30-28-84-26-24-82-22-20-80-18-16-62-57(77)53(73)52(72)51(71)48(69)42-68/h9-12,43,46-48,50-53,60,67-69,71-73H,4-8,13-42H2,1-3H3,(H,61,70)(H,62,77)(H,64,75)(H,65,76)(H,66,74)(H3,59,63,78)/t46-,47-,48+,50-,51+,52-,53+/m0/s1. The summed E-state index contributed by atoms with van der Waals surface area (Å²) in [6.07, 6.45) is -5.22. The fraction of sp³-hybridized carbons (Fsp3) is 0.793. The van der Waals surface area contributed by atoms with E-state index in [2.05, 4.69) is 37.2 Å². The number of anilines is 1. The lowest BCUT2D eigenvalue weighted by Crippen LogP contribution is -2.57. The van der Waals surface area contributed by atoms with E-state index in [4.69, 9.17) is 67.7 Å². The van der Waals surface area contributed by atoms with Gasteiger partial charge in [-0.3, -0.25) is 24.0 Å². The molecule has 32 heteroatoms. The van der Waals surface area contributed by atoms with Gasteiger partial charge in [0.15, 0.2) is 6.10 Å². The topological polar surface area (TPSA) is 445 Å². The van der Waals surface area contributed by atoms with Gasteiger partial charge in [-0.2, -0.15) is 0 Å². The second-order valence-electron chi connectivity index (χ2n) is 20.3. The molecular weight excluding hydrogens is 1190 g/mol. The van der Waals surface area contributed by atoms with Gasteiger partial charge in [0.25, 0.3) is 5.91 Å². The van der Waals surface area contributed by atoms with Gasteiger partial charge in [0.1, 0.15) is 30.4 Å². The molecule has 0 radical (unpaired) electrons. The number of aliphatic hydroxyl groups excluding tert-OH is 6. The van der Waals surface area contributed by atoms with Crippen LogP contribution in [-0.4, -0.2) is 301 Å². The Labute approximate surface area is 528 Å². The van der Waals surface area contributed by atoms with E-state index >= 15 is 0 Å². The summed E-state index contributed by atoms with van der Waals surface area (Å²) in [5, 5.41) is 75.5. The van der Waals surface area contributed by atoms with Gasteiger partial charge in [-0.15, -0.1) is 0 Å². The predicted octanol–water partition coefficient (Wildman–Crippen LogP) is -3.79. The quantitative estimate of drug-likeness (QED) is 0.0278. The molecule has 90 heavy (non-hydrogen) atoms. The molecule has 7 amide bonds. The molecule has 0 aliphatic heterocycles. The summed E-state index contributed by atoms with van der Waals surface area (Å²) < 4.78 is 65.7. The van der Waals surface area contributed by atoms with Crippen LogP contribution >= 0.6 is 0 Å². The highest BCUT2D eigenvalue weighted by atomic mass is 16.6. The smallest absolute Gasteiger partial charge is 0.312 e. The number of rotatable bonds is 62. The molecule has 1 rings (SSSR count). The van der Waals surface area contributed by atoms with Crippen LogP contribution in [0.4, 0.5) is 10.5 Å². The van der Waals surface area contributed by atoms with E-state index in [0.29, 0.717) is 182 Å². The first-order chi connectivity index (χ1) is 43.6. The molecule has 0 bridgehead atoms. The number of likely N-dealkylation sites (N-methyl/N-ethyl adjacent to an activating group) is 1. The van der Waals surface area contributed by atoms with Gasteiger partial charge in [0, 0.05) is 31.7 Å². The minimum atomic E-state index is -2.00. The Bertz CT molecular complexity index is 1970. The molecule has 0 saturated carbocycles. The lowest BCUT2D eigenvalue weighted by molar-refractivity contribution is -0.149. The molecular formula is C58H106N8O24. The molecule has 0 aromatic heterocycles. The van der Waals surface area contributed by atoms with Crippen LogP contribution in [0.1, 0.15) is 57.9 Å². The van der Waals surface area contributed by atoms with Crippen LogP contribution in [0.2, 0.25) is 0 Å². The first kappa shape index (κ1) is 83.1. The Balaban J connectivity index is 1.93. The molecule has 0 unspecified atom stereocenters. The summed E-state index contributed by atoms with van der Waals surface area (Å²) in [4.78, 5) is 75.6. The zero-order valence-corrected chi connectivity index (χ0v) is 52.8. The molecule has 32 nitrogen and oxygen atoms in total. The number of aliphatic hydroxyl groups is 6. The number of urea groups is 1. The summed E-state index contributed by atoms with van der Waals surface area (Å²) in [5.74, 6) is -2.88. The van der Waals surface area contributed by atoms with Crippen molar-refractivity contribution in [2.45, 2.75) is 102 Å². The Morgan fingerprint density at radius 3 is 1.29 bits per heavy atom. The minimum absolute atomic E-state index is 0.0244. The number of hydrogen-bond donors (Lipinski definition) is 14. The van der Waals surface area contributed by atoms with Crippen LogP contribution in [0.15, 0.2) is 24.3 Å². The maximum Gasteiger partial charge on any atom is 0.312 e. The average molecular weight is 1300 g/mol. The lowest BCUT2D eigenvalue weighted by Gasteiger charge is -2.27. The largest absolute Gasteiger partial charge is 0.394 e. The number of nitrogens with two attached hydrogens (primary N) is 1. The number of carbonyl (C=O) groups is 6. The number of hydrogen-bond acceptors (Lipinski definition) is 25. The maximum atomic E-state index is 13.6. The van der Waals surface area contributed by atoms with Gasteiger partial charge in [0.05, 0.1) is 178 Å². The molecule has 0 aliphatic carbocycles. The highest BCUT2D eigenvalue weighted by Crippen LogP contribution is 2.13. The van der Waals surface area contributed by atoms with E-state index in [-0.39, 0.29) is 70.1 Å². The van der Waals surface area contributed by atoms with E-state index in [1.54, 1.807) is 45.2 Å². The molecule has 0 heterocycles. The van der Waals surface area contributed by atoms with E-state index in [9.17, 15) is 54.3 Å². The predicted molar refractivity (Wildman–Crippen MR) is 325 cm³/mol. The fourth-order valence-electron chi connectivity index (χ4n) is 7.67. The van der Waals surface area contributed by atoms with E-state index < -0.39 is 72.9 Å². The number of amides is 7. The zero-order chi connectivity index (χ0) is 66.2. The van der Waals surface area contributed by atoms with Crippen molar-refractivity contribution in [1.29, 1.82) is 0 Å². The molecule has 0 fully saturated rings. The van der Waals surface area contributed by atoms with Crippen LogP contribution in [0, 0.1) is 5.92 Å². The summed E-state index contributed by atoms with van der Waals surface area (Å²) in [6.45, 7) is 12.1. The van der Waals surface area contributed by atoms with Crippen LogP contribution in [0.5, 0.6) is 0 Å². The SMILES string of the molecule is CN[C@@H](CCCCNC(=O)CCOCCOCCOCCOCCOCCOCCOCCOCCOCCOCCOCCOCCNC(=O)[C@H](O)[C@@H](O)[C@H](O)[C@H](O)CO)C(=O)N[C@H](C(=O)N[C@@H](CCCNC(N)=O)C(=O)Nc1ccc(CO)cc1)C(C)C. The first-order valence-electron chi connectivity index (χ1n) is 30.7. The van der Waals surface area contributed by atoms with E-state index in [1.165, 1.54) is 0 Å². The second kappa shape index (κ2) is 56.8. The van der Waals surface area contributed by atoms with Gasteiger partial charge in [0.2, 0.25) is 23.6 Å². The third-order valence-electron chi connectivity index (χ3n) is 12.8. The molecule has 7 atom stereocenters. The van der Waals surface area contributed by atoms with Crippen molar-refractivity contribution in [3.8, 4) is 0 Å². The maximum absolute atomic E-state index is 13.6. The van der Waals surface area contributed by atoms with Crippen molar-refractivity contribution in [2.24, 2.45) is 11.7 Å². The van der Waals surface area contributed by atoms with Crippen molar-refractivity contribution in [2.75, 3.05) is 197 Å². The number of primary amides is 1. The van der Waals surface area contributed by atoms with Crippen molar-refractivity contribution in [1.82, 2.24) is 31.9 Å². The van der Waals surface area contributed by atoms with Crippen molar-refractivity contribution in [3.05, 3.63) is 29.8 Å². The number of benzene rings is 1. The Kier molecular flexibility index (Phi) is 52.4. The normalized spacial score (nSPS) is 13.8. The highest BCUT2D eigenvalue weighted by Gasteiger charge is 2.34. The molecule has 522 valence electrons. The Morgan fingerprint density at radius 1 is 0.456 bits per heavy atom. The second-order valence-corrected chi connectivity index (χ2v) is 20.3. The van der Waals surface area contributed by atoms with Crippen molar-refractivity contribution < 1.29 is 116 Å². The number of nitrogens with one attached hydrogen (secondary N) is 7. The van der Waals surface area contributed by atoms with E-state index in [0.717, 1.165) is 0 Å². The third-order valence-corrected chi connectivity index (χ3v) is 12.8. The van der Waals surface area contributed by atoms with Crippen LogP contribution in [0.25, 0.3) is 0 Å². The van der Waals surface area contributed by atoms with Gasteiger partial charge in [-0.25, -0.2) is 4.79 Å². The number of carbonyl (C=O) groups excluding carboxylic acids is 6. The van der Waals surface area contributed by atoms with Crippen molar-refractivity contribution in [3.63, 3.8) is 0 Å². The summed E-state index contributed by atoms with van der Waals surface area (Å²) in [5.41, 5.74) is 6.29. The lowest BCUT2D eigenvalue weighted by atomic mass is 10.0. The molecule has 0 saturated heterocycles. The molecule has 15 N–H and O–H groups in total. The summed E-state index contributed by atoms with van der Waals surface area (Å²) >= 11 is 0. The van der Waals surface area contributed by atoms with Gasteiger partial charge >= 0.3 is 6.03 Å². The summed E-state index contributed by atoms with van der Waals surface area (Å²) in [7, 11) is 1.65. The van der Waals surface area contributed by atoms with Crippen LogP contribution in [0.3, 0.4) is 0 Å². The van der Waals surface area contributed by atoms with Crippen LogP contribution < -0.4 is 43.0 Å². The van der Waals surface area contributed by atoms with Gasteiger partial charge < -0.3 is 130 Å². The molecule has 0 aliphatic rings. The van der Waals surface area contributed by atoms with Crippen molar-refractivity contribution >= 4 is 41.3 Å². The third kappa shape index (κ3) is 44.6. The number of ether oxygens (including phenoxy) is 12. The fourth-order valence-corrected chi connectivity index (χ4v) is 7.67. The Hall–Kier alpha value is -4.92. The average Bonchev–Trinajstić information content (AvgIpc) is 2.49. The van der Waals surface area contributed by atoms with E-state index in [1.807, 2.05) is 0 Å². The molecule has 1 aromatic carbocycles. The highest BCUT2D eigenvalue weighted by molar-refractivity contribution is 5.98. The number of unbranched alkanes of at least 4 members (excludes halogenated alkanes) is 1. The van der Waals surface area contributed by atoms with Crippen LogP contribution in [-0.2, 0) is 87.4 Å². The molecule has 0 spiro atoms. The molecule has 1 aromatic rings. The zero-order valence-electron chi connectivity index (χ0n) is 52.8. The first-order valence-corrected chi connectivity index (χ1v) is 30.7. The Morgan fingerprint density at radius 2 is 0.878 bits per heavy atom. The van der Waals surface area contributed by atoms with Gasteiger partial charge in [-0.05, 0) is 62.8 Å².